The summed E-state index contributed by atoms with van der Waals surface area (Å²) in [4.78, 5) is 11.4. The molecule has 0 aromatic carbocycles. The van der Waals surface area contributed by atoms with Crippen molar-refractivity contribution < 1.29 is 4.74 Å². The van der Waals surface area contributed by atoms with Crippen LogP contribution in [0.1, 0.15) is 32.6 Å². The molecule has 0 amide bonds. The molecule has 0 bridgehead atoms. The molecule has 0 fully saturated rings. The Kier molecular flexibility index (Phi) is 5.00. The summed E-state index contributed by atoms with van der Waals surface area (Å²) >= 11 is 1.72. The summed E-state index contributed by atoms with van der Waals surface area (Å²) in [5.74, 6) is 1.51. The van der Waals surface area contributed by atoms with E-state index in [0.717, 1.165) is 22.5 Å². The number of anilines is 2. The van der Waals surface area contributed by atoms with E-state index in [1.807, 2.05) is 14.0 Å². The van der Waals surface area contributed by atoms with E-state index in [2.05, 4.69) is 47.4 Å². The van der Waals surface area contributed by atoms with Crippen molar-refractivity contribution in [1.82, 2.24) is 9.97 Å². The van der Waals surface area contributed by atoms with Crippen LogP contribution in [0, 0.1) is 0 Å². The third kappa shape index (κ3) is 3.83. The summed E-state index contributed by atoms with van der Waals surface area (Å²) in [6.07, 6.45) is 1.01. The van der Waals surface area contributed by atoms with Crippen molar-refractivity contribution in [3.05, 3.63) is 10.9 Å². The molecule has 6 heteroatoms. The molecule has 0 atom stereocenters. The lowest BCUT2D eigenvalue weighted by Crippen LogP contribution is -2.33. The molecule has 2 aromatic rings. The van der Waals surface area contributed by atoms with Crippen molar-refractivity contribution in [2.45, 2.75) is 39.7 Å². The molecule has 5 nitrogen and oxygen atoms in total. The zero-order chi connectivity index (χ0) is 15.5. The van der Waals surface area contributed by atoms with Gasteiger partial charge in [0.1, 0.15) is 10.6 Å². The van der Waals surface area contributed by atoms with Crippen molar-refractivity contribution in [3.8, 4) is 0 Å². The van der Waals surface area contributed by atoms with Gasteiger partial charge in [0.25, 0.3) is 0 Å². The normalized spacial score (nSPS) is 11.9. The van der Waals surface area contributed by atoms with Gasteiger partial charge in [0.2, 0.25) is 5.95 Å². The molecular weight excluding hydrogens is 284 g/mol. The number of nitrogens with one attached hydrogen (secondary N) is 2. The zero-order valence-electron chi connectivity index (χ0n) is 13.4. The van der Waals surface area contributed by atoms with Crippen molar-refractivity contribution in [3.63, 3.8) is 0 Å². The molecule has 21 heavy (non-hydrogen) atoms. The summed E-state index contributed by atoms with van der Waals surface area (Å²) in [6.45, 7) is 9.72. The number of hydrogen-bond donors (Lipinski definition) is 2. The molecule has 0 unspecified atom stereocenters. The second-order valence-corrected chi connectivity index (χ2v) is 6.59. The SMILES string of the molecule is CCOC(C)(C)CNc1nc(NC)nc2sc(CC)cc12. The lowest BCUT2D eigenvalue weighted by atomic mass is 10.1. The van der Waals surface area contributed by atoms with Crippen LogP contribution in [0.15, 0.2) is 6.07 Å². The molecule has 2 heterocycles. The minimum absolute atomic E-state index is 0.227. The van der Waals surface area contributed by atoms with Crippen LogP contribution >= 0.6 is 11.3 Å². The first-order valence-electron chi connectivity index (χ1n) is 7.35. The molecule has 0 aliphatic heterocycles. The number of aryl methyl sites for hydroxylation is 1. The van der Waals surface area contributed by atoms with Crippen LogP contribution in [0.3, 0.4) is 0 Å². The minimum Gasteiger partial charge on any atom is -0.374 e. The fraction of sp³-hybridized carbons (Fsp3) is 0.600. The van der Waals surface area contributed by atoms with Crippen LogP contribution in [0.25, 0.3) is 10.2 Å². The minimum atomic E-state index is -0.227. The van der Waals surface area contributed by atoms with Gasteiger partial charge in [-0.3, -0.25) is 0 Å². The number of hydrogen-bond acceptors (Lipinski definition) is 6. The molecule has 0 aliphatic rings. The van der Waals surface area contributed by atoms with Gasteiger partial charge in [-0.2, -0.15) is 4.98 Å². The molecule has 0 saturated heterocycles. The van der Waals surface area contributed by atoms with E-state index < -0.39 is 0 Å². The topological polar surface area (TPSA) is 59.1 Å². The van der Waals surface area contributed by atoms with E-state index in [4.69, 9.17) is 4.74 Å². The standard InChI is InChI=1S/C15H24N4OS/c1-6-10-8-11-12(17-9-15(3,4)20-7-2)18-14(16-5)19-13(11)21-10/h8H,6-7,9H2,1-5H3,(H2,16,17,18,19). The molecule has 0 aliphatic carbocycles. The van der Waals surface area contributed by atoms with Crippen molar-refractivity contribution >= 4 is 33.3 Å². The molecule has 2 aromatic heterocycles. The third-order valence-electron chi connectivity index (χ3n) is 3.23. The molecule has 116 valence electrons. The fourth-order valence-corrected chi connectivity index (χ4v) is 3.10. The number of ether oxygens (including phenoxy) is 1. The second-order valence-electron chi connectivity index (χ2n) is 5.48. The quantitative estimate of drug-likeness (QED) is 0.819. The lowest BCUT2D eigenvalue weighted by molar-refractivity contribution is 0.000664. The molecule has 2 rings (SSSR count). The van der Waals surface area contributed by atoms with E-state index in [-0.39, 0.29) is 5.60 Å². The second kappa shape index (κ2) is 6.58. The van der Waals surface area contributed by atoms with E-state index in [0.29, 0.717) is 19.1 Å². The molecule has 0 saturated carbocycles. The van der Waals surface area contributed by atoms with Crippen molar-refractivity contribution in [2.75, 3.05) is 30.8 Å². The highest BCUT2D eigenvalue weighted by atomic mass is 32.1. The summed E-state index contributed by atoms with van der Waals surface area (Å²) in [5.41, 5.74) is -0.227. The summed E-state index contributed by atoms with van der Waals surface area (Å²) in [5, 5.41) is 7.52. The Labute approximate surface area is 130 Å². The van der Waals surface area contributed by atoms with E-state index in [1.54, 1.807) is 11.3 Å². The van der Waals surface area contributed by atoms with Gasteiger partial charge in [-0.25, -0.2) is 4.98 Å². The van der Waals surface area contributed by atoms with E-state index >= 15 is 0 Å². The Hall–Kier alpha value is -1.40. The van der Waals surface area contributed by atoms with Crippen LogP contribution in [0.5, 0.6) is 0 Å². The highest BCUT2D eigenvalue weighted by Gasteiger charge is 2.19. The van der Waals surface area contributed by atoms with Crippen molar-refractivity contribution in [1.29, 1.82) is 0 Å². The Bertz CT molecular complexity index is 609. The number of rotatable bonds is 7. The maximum Gasteiger partial charge on any atom is 0.225 e. The summed E-state index contributed by atoms with van der Waals surface area (Å²) in [7, 11) is 1.84. The van der Waals surface area contributed by atoms with Gasteiger partial charge in [-0.15, -0.1) is 11.3 Å². The third-order valence-corrected chi connectivity index (χ3v) is 4.41. The van der Waals surface area contributed by atoms with Gasteiger partial charge in [-0.05, 0) is 33.3 Å². The van der Waals surface area contributed by atoms with Crippen LogP contribution in [0.4, 0.5) is 11.8 Å². The van der Waals surface area contributed by atoms with Gasteiger partial charge in [0.15, 0.2) is 0 Å². The fourth-order valence-electron chi connectivity index (χ4n) is 2.13. The lowest BCUT2D eigenvalue weighted by Gasteiger charge is -2.25. The Morgan fingerprint density at radius 3 is 2.67 bits per heavy atom. The van der Waals surface area contributed by atoms with Crippen LogP contribution in [-0.4, -0.2) is 35.8 Å². The maximum absolute atomic E-state index is 5.73. The van der Waals surface area contributed by atoms with E-state index in [1.165, 1.54) is 4.88 Å². The number of thiophene rings is 1. The zero-order valence-corrected chi connectivity index (χ0v) is 14.2. The highest BCUT2D eigenvalue weighted by Crippen LogP contribution is 2.30. The smallest absolute Gasteiger partial charge is 0.225 e. The predicted molar refractivity (Wildman–Crippen MR) is 90.5 cm³/mol. The van der Waals surface area contributed by atoms with Gasteiger partial charge < -0.3 is 15.4 Å². The van der Waals surface area contributed by atoms with E-state index in [9.17, 15) is 0 Å². The Morgan fingerprint density at radius 2 is 2.05 bits per heavy atom. The van der Waals surface area contributed by atoms with Gasteiger partial charge >= 0.3 is 0 Å². The van der Waals surface area contributed by atoms with Gasteiger partial charge in [-0.1, -0.05) is 6.92 Å². The average molecular weight is 308 g/mol. The first-order valence-corrected chi connectivity index (χ1v) is 8.16. The van der Waals surface area contributed by atoms with Crippen LogP contribution < -0.4 is 10.6 Å². The maximum atomic E-state index is 5.73. The molecule has 0 spiro atoms. The largest absolute Gasteiger partial charge is 0.374 e. The number of nitrogens with zero attached hydrogens (tertiary/aromatic N) is 2. The first kappa shape index (κ1) is 16.0. The molecule has 0 radical (unpaired) electrons. The summed E-state index contributed by atoms with van der Waals surface area (Å²) in [6, 6.07) is 2.18. The highest BCUT2D eigenvalue weighted by molar-refractivity contribution is 7.18. The average Bonchev–Trinajstić information content (AvgIpc) is 2.87. The van der Waals surface area contributed by atoms with Gasteiger partial charge in [0, 0.05) is 25.1 Å². The molecule has 2 N–H and O–H groups in total. The summed E-state index contributed by atoms with van der Waals surface area (Å²) < 4.78 is 5.73. The van der Waals surface area contributed by atoms with Crippen LogP contribution in [-0.2, 0) is 11.2 Å². The first-order chi connectivity index (χ1) is 9.99. The number of aromatic nitrogens is 2. The molecular formula is C15H24N4OS. The predicted octanol–water partition coefficient (Wildman–Crippen LogP) is 3.52. The monoisotopic (exact) mass is 308 g/mol. The Morgan fingerprint density at radius 1 is 1.29 bits per heavy atom. The van der Waals surface area contributed by atoms with Crippen molar-refractivity contribution in [2.24, 2.45) is 0 Å². The van der Waals surface area contributed by atoms with Gasteiger partial charge in [0.05, 0.1) is 11.0 Å². The Balaban J connectivity index is 2.30. The number of fused-ring (bicyclic) bond motifs is 1. The van der Waals surface area contributed by atoms with Crippen LogP contribution in [0.2, 0.25) is 0 Å².